The molecule has 4 aromatic rings. The molecule has 0 saturated carbocycles. The van der Waals surface area contributed by atoms with Crippen molar-refractivity contribution in [1.82, 2.24) is 14.9 Å². The number of ether oxygens (including phenoxy) is 2. The number of likely N-dealkylation sites (tertiary alicyclic amines) is 1. The van der Waals surface area contributed by atoms with E-state index in [1.165, 1.54) is 0 Å². The van der Waals surface area contributed by atoms with Gasteiger partial charge in [0.25, 0.3) is 5.91 Å². The molecule has 254 valence electrons. The molecule has 49 heavy (non-hydrogen) atoms. The van der Waals surface area contributed by atoms with Crippen molar-refractivity contribution in [2.45, 2.75) is 31.9 Å². The summed E-state index contributed by atoms with van der Waals surface area (Å²) in [6.07, 6.45) is -1.47. The highest BCUT2D eigenvalue weighted by Gasteiger charge is 2.29. The van der Waals surface area contributed by atoms with Crippen molar-refractivity contribution < 1.29 is 37.0 Å². The molecule has 7 rings (SSSR count). The first-order valence-electron chi connectivity index (χ1n) is 15.4. The summed E-state index contributed by atoms with van der Waals surface area (Å²) in [5, 5.41) is 10.1. The van der Waals surface area contributed by atoms with Gasteiger partial charge >= 0.3 is 6.18 Å². The molecule has 0 unspecified atom stereocenters. The maximum atomic E-state index is 13.4. The summed E-state index contributed by atoms with van der Waals surface area (Å²) in [6.45, 7) is 1.18. The lowest BCUT2D eigenvalue weighted by Crippen LogP contribution is -2.41. The van der Waals surface area contributed by atoms with Crippen LogP contribution in [0.3, 0.4) is 0 Å². The summed E-state index contributed by atoms with van der Waals surface area (Å²) in [7, 11) is 0. The number of anilines is 5. The number of nitrogens with zero attached hydrogens (tertiary/aromatic N) is 3. The molecule has 3 aliphatic heterocycles. The number of halogens is 4. The molecule has 0 spiro atoms. The monoisotopic (exact) mass is 694 g/mol. The molecule has 2 amide bonds. The van der Waals surface area contributed by atoms with Crippen LogP contribution in [-0.2, 0) is 22.4 Å². The first kappa shape index (κ1) is 33.5. The van der Waals surface area contributed by atoms with E-state index in [1.54, 1.807) is 29.3 Å². The summed E-state index contributed by atoms with van der Waals surface area (Å²) in [5.74, 6) is 1.86. The van der Waals surface area contributed by atoms with E-state index in [1.807, 2.05) is 30.3 Å². The molecule has 0 atom stereocenters. The Morgan fingerprint density at radius 2 is 1.71 bits per heavy atom. The van der Waals surface area contributed by atoms with Crippen LogP contribution in [0.4, 0.5) is 42.0 Å². The van der Waals surface area contributed by atoms with Gasteiger partial charge in [0.05, 0.1) is 6.20 Å². The Morgan fingerprint density at radius 3 is 2.49 bits per heavy atom. The first-order valence-corrected chi connectivity index (χ1v) is 15.7. The van der Waals surface area contributed by atoms with Crippen LogP contribution in [0.25, 0.3) is 0 Å². The van der Waals surface area contributed by atoms with E-state index < -0.39 is 12.5 Å². The zero-order valence-corrected chi connectivity index (χ0v) is 26.6. The number of alkyl halides is 3. The highest BCUT2D eigenvalue weighted by molar-refractivity contribution is 6.32. The van der Waals surface area contributed by atoms with Gasteiger partial charge in [-0.15, -0.1) is 0 Å². The van der Waals surface area contributed by atoms with E-state index in [-0.39, 0.29) is 24.5 Å². The van der Waals surface area contributed by atoms with E-state index in [2.05, 4.69) is 38.1 Å². The smallest absolute Gasteiger partial charge is 0.446 e. The number of aromatic nitrogens is 2. The quantitative estimate of drug-likeness (QED) is 0.201. The molecule has 11 nitrogen and oxygen atoms in total. The molecule has 4 heterocycles. The number of fused-ring (bicyclic) bond motifs is 7. The standard InChI is InChI=1S/C32H29ClN6O4.C2HF3O/c33-25-17-34-32-36-23-3-1-2-19(14-23)4-5-21-15-24(35-29(25)38-32)7-8-26(21)37-30(40)20-10-12-39(13-11-20)31(41)22-6-9-27-28(16-22)43-18-42-27;3-2(4,5)1-6/h1-3,6-9,14-17,20H,4-5,10-13,18H2,(H,37,40)(H2,34,35,36,38);1H. The van der Waals surface area contributed by atoms with Gasteiger partial charge in [0, 0.05) is 41.6 Å². The third-order valence-corrected chi connectivity index (χ3v) is 8.42. The highest BCUT2D eigenvalue weighted by atomic mass is 35.5. The molecule has 3 aromatic carbocycles. The van der Waals surface area contributed by atoms with Gasteiger partial charge in [-0.1, -0.05) is 23.7 Å². The van der Waals surface area contributed by atoms with Crippen molar-refractivity contribution in [1.29, 1.82) is 0 Å². The van der Waals surface area contributed by atoms with E-state index in [4.69, 9.17) is 25.9 Å². The van der Waals surface area contributed by atoms with Gasteiger partial charge in [0.1, 0.15) is 5.02 Å². The molecular weight excluding hydrogens is 665 g/mol. The Kier molecular flexibility index (Phi) is 9.85. The van der Waals surface area contributed by atoms with Crippen molar-refractivity contribution in [3.63, 3.8) is 0 Å². The maximum Gasteiger partial charge on any atom is 0.446 e. The molecule has 3 N–H and O–H groups in total. The van der Waals surface area contributed by atoms with Crippen LogP contribution in [0.5, 0.6) is 11.5 Å². The zero-order valence-electron chi connectivity index (χ0n) is 25.9. The Balaban J connectivity index is 0.000000639. The normalized spacial score (nSPS) is 15.1. The van der Waals surface area contributed by atoms with Crippen molar-refractivity contribution in [2.75, 3.05) is 35.8 Å². The van der Waals surface area contributed by atoms with Crippen molar-refractivity contribution in [3.05, 3.63) is 88.6 Å². The largest absolute Gasteiger partial charge is 0.454 e. The van der Waals surface area contributed by atoms with E-state index in [0.717, 1.165) is 34.6 Å². The van der Waals surface area contributed by atoms with Gasteiger partial charge in [-0.05, 0) is 85.3 Å². The van der Waals surface area contributed by atoms with Crippen LogP contribution >= 0.6 is 11.6 Å². The second-order valence-electron chi connectivity index (χ2n) is 11.5. The van der Waals surface area contributed by atoms with Gasteiger partial charge in [0.2, 0.25) is 24.9 Å². The first-order chi connectivity index (χ1) is 23.5. The van der Waals surface area contributed by atoms with Crippen molar-refractivity contribution >= 4 is 58.5 Å². The van der Waals surface area contributed by atoms with Crippen LogP contribution in [0.15, 0.2) is 66.9 Å². The fraction of sp³-hybridized carbons (Fsp3) is 0.265. The number of carbonyl (C=O) groups excluding carboxylic acids is 3. The second-order valence-corrected chi connectivity index (χ2v) is 11.9. The number of aryl methyl sites for hydroxylation is 2. The average molecular weight is 695 g/mol. The van der Waals surface area contributed by atoms with Gasteiger partial charge in [-0.25, -0.2) is 4.98 Å². The molecule has 0 aliphatic carbocycles. The Morgan fingerprint density at radius 1 is 0.959 bits per heavy atom. The summed E-state index contributed by atoms with van der Waals surface area (Å²) in [4.78, 5) is 45.9. The summed E-state index contributed by atoms with van der Waals surface area (Å²) in [5.41, 5.74) is 5.16. The van der Waals surface area contributed by atoms with Gasteiger partial charge in [-0.3, -0.25) is 14.4 Å². The Hall–Kier alpha value is -5.37. The molecular formula is C34H30ClF3N6O5. The number of hydrogen-bond acceptors (Lipinski definition) is 9. The fourth-order valence-electron chi connectivity index (χ4n) is 5.66. The third kappa shape index (κ3) is 8.38. The zero-order chi connectivity index (χ0) is 34.5. The molecule has 15 heteroatoms. The number of amides is 2. The molecule has 1 saturated heterocycles. The average Bonchev–Trinajstić information content (AvgIpc) is 3.57. The topological polar surface area (TPSA) is 135 Å². The van der Waals surface area contributed by atoms with E-state index in [9.17, 15) is 22.8 Å². The molecule has 1 fully saturated rings. The predicted molar refractivity (Wildman–Crippen MR) is 176 cm³/mol. The van der Waals surface area contributed by atoms with Crippen LogP contribution < -0.4 is 25.4 Å². The van der Waals surface area contributed by atoms with Crippen molar-refractivity contribution in [3.8, 4) is 11.5 Å². The highest BCUT2D eigenvalue weighted by Crippen LogP contribution is 2.34. The SMILES string of the molecule is O=C(Nc1ccc2cc1CCc1cccc(c1)Nc1ncc(Cl)c(n1)N2)C1CCN(C(=O)c2ccc3c(c2)OCO3)CC1.O=CC(F)(F)F. The molecule has 1 aromatic heterocycles. The number of carbonyl (C=O) groups is 3. The summed E-state index contributed by atoms with van der Waals surface area (Å²) >= 11 is 6.40. The Labute approximate surface area is 283 Å². The lowest BCUT2D eigenvalue weighted by Gasteiger charge is -2.31. The predicted octanol–water partition coefficient (Wildman–Crippen LogP) is 6.68. The van der Waals surface area contributed by atoms with Crippen LogP contribution in [-0.4, -0.2) is 59.0 Å². The van der Waals surface area contributed by atoms with E-state index >= 15 is 0 Å². The number of benzene rings is 3. The summed E-state index contributed by atoms with van der Waals surface area (Å²) in [6, 6.07) is 19.2. The maximum absolute atomic E-state index is 13.4. The Bertz CT molecular complexity index is 1880. The minimum absolute atomic E-state index is 0.0373. The van der Waals surface area contributed by atoms with Gasteiger partial charge in [0.15, 0.2) is 17.3 Å². The van der Waals surface area contributed by atoms with Gasteiger partial charge < -0.3 is 30.3 Å². The lowest BCUT2D eigenvalue weighted by molar-refractivity contribution is -0.156. The number of hydrogen-bond donors (Lipinski definition) is 3. The minimum atomic E-state index is -4.64. The molecule has 6 bridgehead atoms. The van der Waals surface area contributed by atoms with Crippen LogP contribution in [0.2, 0.25) is 5.02 Å². The molecule has 0 radical (unpaired) electrons. The number of nitrogens with one attached hydrogen (secondary N) is 3. The second kappa shape index (κ2) is 14.4. The fourth-order valence-corrected chi connectivity index (χ4v) is 5.79. The van der Waals surface area contributed by atoms with E-state index in [0.29, 0.717) is 66.2 Å². The third-order valence-electron chi connectivity index (χ3n) is 8.14. The van der Waals surface area contributed by atoms with Crippen LogP contribution in [0.1, 0.15) is 34.3 Å². The minimum Gasteiger partial charge on any atom is -0.454 e. The molecule has 3 aliphatic rings. The number of aldehydes is 1. The van der Waals surface area contributed by atoms with Crippen LogP contribution in [0, 0.1) is 5.92 Å². The summed E-state index contributed by atoms with van der Waals surface area (Å²) < 4.78 is 42.0. The number of rotatable bonds is 3. The lowest BCUT2D eigenvalue weighted by atomic mass is 9.94. The van der Waals surface area contributed by atoms with Gasteiger partial charge in [-0.2, -0.15) is 18.2 Å². The number of piperidine rings is 1. The van der Waals surface area contributed by atoms with Crippen molar-refractivity contribution in [2.24, 2.45) is 5.92 Å².